The van der Waals surface area contributed by atoms with Crippen LogP contribution < -0.4 is 5.73 Å². The maximum Gasteiger partial charge on any atom is 0.0165 e. The van der Waals surface area contributed by atoms with Crippen molar-refractivity contribution in [3.63, 3.8) is 0 Å². The Hall–Kier alpha value is -0.0800. The van der Waals surface area contributed by atoms with Gasteiger partial charge in [-0.2, -0.15) is 0 Å². The molecule has 1 aliphatic heterocycles. The molecule has 0 aliphatic carbocycles. The first kappa shape index (κ1) is 9.01. The van der Waals surface area contributed by atoms with Crippen molar-refractivity contribution in [3.05, 3.63) is 0 Å². The molecule has 0 amide bonds. The van der Waals surface area contributed by atoms with Gasteiger partial charge in [-0.3, -0.25) is 0 Å². The van der Waals surface area contributed by atoms with Gasteiger partial charge in [0.2, 0.25) is 0 Å². The molecule has 66 valence electrons. The molecule has 1 fully saturated rings. The van der Waals surface area contributed by atoms with Crippen LogP contribution in [-0.4, -0.2) is 30.6 Å². The predicted octanol–water partition coefficient (Wildman–Crippen LogP) is 1.21. The van der Waals surface area contributed by atoms with Crippen LogP contribution in [0.25, 0.3) is 0 Å². The zero-order valence-electron chi connectivity index (χ0n) is 7.55. The molecule has 2 nitrogen and oxygen atoms in total. The Kier molecular flexibility index (Phi) is 3.87. The molecule has 0 aromatic carbocycles. The van der Waals surface area contributed by atoms with Gasteiger partial charge in [-0.05, 0) is 32.4 Å². The number of hydrogen-bond acceptors (Lipinski definition) is 2. The Morgan fingerprint density at radius 3 is 2.45 bits per heavy atom. The van der Waals surface area contributed by atoms with E-state index in [0.717, 1.165) is 13.0 Å². The lowest BCUT2D eigenvalue weighted by molar-refractivity contribution is 0.214. The van der Waals surface area contributed by atoms with Crippen LogP contribution in [0, 0.1) is 0 Å². The topological polar surface area (TPSA) is 29.3 Å². The zero-order chi connectivity index (χ0) is 8.10. The molecule has 0 bridgehead atoms. The molecule has 1 atom stereocenters. The first-order valence-corrected chi connectivity index (χ1v) is 4.81. The monoisotopic (exact) mass is 156 g/mol. The van der Waals surface area contributed by atoms with Gasteiger partial charge in [-0.1, -0.05) is 13.3 Å². The van der Waals surface area contributed by atoms with Gasteiger partial charge in [0.05, 0.1) is 0 Å². The van der Waals surface area contributed by atoms with E-state index in [1.807, 2.05) is 0 Å². The van der Waals surface area contributed by atoms with E-state index in [1.165, 1.54) is 32.4 Å². The number of nitrogens with zero attached hydrogens (tertiary/aromatic N) is 1. The highest BCUT2D eigenvalue weighted by Crippen LogP contribution is 2.08. The van der Waals surface area contributed by atoms with Crippen molar-refractivity contribution in [1.82, 2.24) is 4.90 Å². The summed E-state index contributed by atoms with van der Waals surface area (Å²) in [6.07, 6.45) is 5.27. The fraction of sp³-hybridized carbons (Fsp3) is 1.00. The molecule has 0 radical (unpaired) electrons. The van der Waals surface area contributed by atoms with E-state index >= 15 is 0 Å². The van der Waals surface area contributed by atoms with Crippen LogP contribution in [-0.2, 0) is 0 Å². The van der Waals surface area contributed by atoms with Crippen molar-refractivity contribution in [3.8, 4) is 0 Å². The minimum atomic E-state index is 0.396. The summed E-state index contributed by atoms with van der Waals surface area (Å²) < 4.78 is 0. The van der Waals surface area contributed by atoms with Crippen molar-refractivity contribution in [2.45, 2.75) is 38.6 Å². The third-order valence-electron chi connectivity index (χ3n) is 2.47. The van der Waals surface area contributed by atoms with Crippen molar-refractivity contribution >= 4 is 0 Å². The highest BCUT2D eigenvalue weighted by molar-refractivity contribution is 4.70. The van der Waals surface area contributed by atoms with Gasteiger partial charge in [0, 0.05) is 12.6 Å². The molecular weight excluding hydrogens is 136 g/mol. The van der Waals surface area contributed by atoms with Gasteiger partial charge in [0.15, 0.2) is 0 Å². The SMILES string of the molecule is CC[C@@H](N)CN1CCCCC1. The molecule has 1 aliphatic rings. The number of rotatable bonds is 3. The fourth-order valence-electron chi connectivity index (χ4n) is 1.60. The van der Waals surface area contributed by atoms with E-state index in [-0.39, 0.29) is 0 Å². The van der Waals surface area contributed by atoms with Crippen molar-refractivity contribution < 1.29 is 0 Å². The van der Waals surface area contributed by atoms with Crippen molar-refractivity contribution in [2.75, 3.05) is 19.6 Å². The van der Waals surface area contributed by atoms with Crippen LogP contribution in [0.1, 0.15) is 32.6 Å². The average Bonchev–Trinajstić information content (AvgIpc) is 2.06. The lowest BCUT2D eigenvalue weighted by atomic mass is 10.1. The van der Waals surface area contributed by atoms with E-state index in [9.17, 15) is 0 Å². The Morgan fingerprint density at radius 2 is 1.91 bits per heavy atom. The van der Waals surface area contributed by atoms with Crippen LogP contribution in [0.5, 0.6) is 0 Å². The summed E-state index contributed by atoms with van der Waals surface area (Å²) in [6, 6.07) is 0.396. The summed E-state index contributed by atoms with van der Waals surface area (Å²) in [5.74, 6) is 0. The minimum absolute atomic E-state index is 0.396. The number of likely N-dealkylation sites (tertiary alicyclic amines) is 1. The normalized spacial score (nSPS) is 23.5. The highest BCUT2D eigenvalue weighted by Gasteiger charge is 2.11. The Balaban J connectivity index is 2.13. The first-order valence-electron chi connectivity index (χ1n) is 4.81. The molecule has 1 saturated heterocycles. The third-order valence-corrected chi connectivity index (χ3v) is 2.47. The van der Waals surface area contributed by atoms with Gasteiger partial charge in [-0.15, -0.1) is 0 Å². The summed E-state index contributed by atoms with van der Waals surface area (Å²) in [4.78, 5) is 2.50. The van der Waals surface area contributed by atoms with Gasteiger partial charge < -0.3 is 10.6 Å². The standard InChI is InChI=1S/C9H20N2/c1-2-9(10)8-11-6-4-3-5-7-11/h9H,2-8,10H2,1H3/t9-/m1/s1. The van der Waals surface area contributed by atoms with Crippen LogP contribution in [0.15, 0.2) is 0 Å². The number of hydrogen-bond donors (Lipinski definition) is 1. The second-order valence-corrected chi connectivity index (χ2v) is 3.53. The Morgan fingerprint density at radius 1 is 1.27 bits per heavy atom. The molecule has 0 spiro atoms. The lowest BCUT2D eigenvalue weighted by Gasteiger charge is -2.28. The molecule has 1 rings (SSSR count). The van der Waals surface area contributed by atoms with Gasteiger partial charge >= 0.3 is 0 Å². The van der Waals surface area contributed by atoms with Crippen molar-refractivity contribution in [1.29, 1.82) is 0 Å². The molecule has 0 aromatic heterocycles. The second kappa shape index (κ2) is 4.73. The lowest BCUT2D eigenvalue weighted by Crippen LogP contribution is -2.39. The Bertz CT molecular complexity index is 97.7. The van der Waals surface area contributed by atoms with Gasteiger partial charge in [0.25, 0.3) is 0 Å². The third kappa shape index (κ3) is 3.21. The predicted molar refractivity (Wildman–Crippen MR) is 48.6 cm³/mol. The summed E-state index contributed by atoms with van der Waals surface area (Å²) in [6.45, 7) is 5.81. The number of piperidine rings is 1. The van der Waals surface area contributed by atoms with E-state index in [4.69, 9.17) is 5.73 Å². The maximum absolute atomic E-state index is 5.86. The maximum atomic E-state index is 5.86. The van der Waals surface area contributed by atoms with Crippen LogP contribution in [0.2, 0.25) is 0 Å². The second-order valence-electron chi connectivity index (χ2n) is 3.53. The fourth-order valence-corrected chi connectivity index (χ4v) is 1.60. The van der Waals surface area contributed by atoms with E-state index in [0.29, 0.717) is 6.04 Å². The highest BCUT2D eigenvalue weighted by atomic mass is 15.1. The summed E-state index contributed by atoms with van der Waals surface area (Å²) in [7, 11) is 0. The summed E-state index contributed by atoms with van der Waals surface area (Å²) >= 11 is 0. The van der Waals surface area contributed by atoms with Gasteiger partial charge in [-0.25, -0.2) is 0 Å². The molecule has 0 unspecified atom stereocenters. The molecule has 2 heteroatoms. The molecule has 0 aromatic rings. The molecule has 1 heterocycles. The molecule has 11 heavy (non-hydrogen) atoms. The molecule has 2 N–H and O–H groups in total. The van der Waals surface area contributed by atoms with Crippen molar-refractivity contribution in [2.24, 2.45) is 5.73 Å². The zero-order valence-corrected chi connectivity index (χ0v) is 7.55. The first-order chi connectivity index (χ1) is 5.33. The number of nitrogens with two attached hydrogens (primary N) is 1. The van der Waals surface area contributed by atoms with E-state index in [2.05, 4.69) is 11.8 Å². The summed E-state index contributed by atoms with van der Waals surface area (Å²) in [5, 5.41) is 0. The quantitative estimate of drug-likeness (QED) is 0.665. The Labute approximate surface area is 69.8 Å². The minimum Gasteiger partial charge on any atom is -0.327 e. The summed E-state index contributed by atoms with van der Waals surface area (Å²) in [5.41, 5.74) is 5.86. The molecular formula is C9H20N2. The van der Waals surface area contributed by atoms with Gasteiger partial charge in [0.1, 0.15) is 0 Å². The van der Waals surface area contributed by atoms with Crippen LogP contribution >= 0.6 is 0 Å². The average molecular weight is 156 g/mol. The molecule has 0 saturated carbocycles. The smallest absolute Gasteiger partial charge is 0.0165 e. The van der Waals surface area contributed by atoms with Crippen LogP contribution in [0.3, 0.4) is 0 Å². The van der Waals surface area contributed by atoms with E-state index in [1.54, 1.807) is 0 Å². The largest absolute Gasteiger partial charge is 0.327 e. The van der Waals surface area contributed by atoms with E-state index < -0.39 is 0 Å². The van der Waals surface area contributed by atoms with Crippen LogP contribution in [0.4, 0.5) is 0 Å².